The van der Waals surface area contributed by atoms with Gasteiger partial charge in [-0.15, -0.1) is 0 Å². The van der Waals surface area contributed by atoms with Crippen LogP contribution in [0.2, 0.25) is 0 Å². The summed E-state index contributed by atoms with van der Waals surface area (Å²) in [4.78, 5) is 11.6. The van der Waals surface area contributed by atoms with E-state index in [0.717, 1.165) is 11.0 Å². The summed E-state index contributed by atoms with van der Waals surface area (Å²) in [7, 11) is -1.10. The van der Waals surface area contributed by atoms with E-state index in [1.807, 2.05) is 18.2 Å². The third-order valence-electron chi connectivity index (χ3n) is 4.25. The monoisotopic (exact) mass is 427 g/mol. The summed E-state index contributed by atoms with van der Waals surface area (Å²) in [5.74, 6) is 0.258. The average Bonchev–Trinajstić information content (AvgIpc) is 3.25. The fourth-order valence-electron chi connectivity index (χ4n) is 2.69. The fraction of sp³-hybridized carbons (Fsp3) is 0.136. The molecule has 0 saturated carbocycles. The van der Waals surface area contributed by atoms with Crippen LogP contribution in [0.3, 0.4) is 0 Å². The molecule has 0 saturated heterocycles. The number of rotatable bonds is 8. The van der Waals surface area contributed by atoms with Gasteiger partial charge >= 0.3 is 5.97 Å². The van der Waals surface area contributed by atoms with Crippen LogP contribution in [-0.2, 0) is 21.3 Å². The number of nitrogens with zero attached hydrogens (tertiary/aromatic N) is 1. The van der Waals surface area contributed by atoms with Gasteiger partial charge in [0.1, 0.15) is 11.5 Å². The second-order valence-corrected chi connectivity index (χ2v) is 7.96. The molecule has 0 aliphatic rings. The number of sulfonamides is 1. The molecule has 8 heteroatoms. The molecule has 0 fully saturated rings. The van der Waals surface area contributed by atoms with Crippen molar-refractivity contribution in [2.24, 2.45) is 0 Å². The van der Waals surface area contributed by atoms with E-state index in [9.17, 15) is 13.2 Å². The average molecular weight is 427 g/mol. The maximum Gasteiger partial charge on any atom is 0.373 e. The molecule has 0 aliphatic heterocycles. The summed E-state index contributed by atoms with van der Waals surface area (Å²) >= 11 is 0. The zero-order valence-corrected chi connectivity index (χ0v) is 17.3. The molecule has 0 spiro atoms. The molecule has 0 amide bonds. The molecular formula is C22H21NO6S. The number of hydrogen-bond acceptors (Lipinski definition) is 6. The van der Waals surface area contributed by atoms with Crippen molar-refractivity contribution < 1.29 is 27.1 Å². The van der Waals surface area contributed by atoms with Gasteiger partial charge in [-0.1, -0.05) is 30.3 Å². The molecule has 3 aromatic rings. The molecular weight excluding hydrogens is 406 g/mol. The Bertz CT molecular complexity index is 1120. The first-order valence-electron chi connectivity index (χ1n) is 9.00. The Balaban J connectivity index is 1.94. The Morgan fingerprint density at radius 3 is 2.33 bits per heavy atom. The van der Waals surface area contributed by atoms with Gasteiger partial charge in [0, 0.05) is 0 Å². The van der Waals surface area contributed by atoms with E-state index in [2.05, 4.69) is 4.74 Å². The summed E-state index contributed by atoms with van der Waals surface area (Å²) in [5.41, 5.74) is 1.17. The molecule has 7 nitrogen and oxygen atoms in total. The smallest absolute Gasteiger partial charge is 0.373 e. The highest BCUT2D eigenvalue weighted by Gasteiger charge is 2.23. The number of ether oxygens (including phenoxy) is 2. The van der Waals surface area contributed by atoms with Gasteiger partial charge in [-0.3, -0.25) is 4.31 Å². The van der Waals surface area contributed by atoms with Crippen molar-refractivity contribution in [3.05, 3.63) is 89.2 Å². The number of benzene rings is 2. The third-order valence-corrected chi connectivity index (χ3v) is 5.68. The lowest BCUT2D eigenvalue weighted by Crippen LogP contribution is -2.28. The van der Waals surface area contributed by atoms with Crippen LogP contribution < -0.4 is 9.04 Å². The summed E-state index contributed by atoms with van der Waals surface area (Å²) < 4.78 is 42.7. The van der Waals surface area contributed by atoms with E-state index in [4.69, 9.17) is 9.15 Å². The van der Waals surface area contributed by atoms with Gasteiger partial charge in [0.25, 0.3) is 10.0 Å². The number of carbonyl (C=O) groups excluding carboxylic acids is 1. The first kappa shape index (κ1) is 21.2. The normalized spacial score (nSPS) is 11.4. The van der Waals surface area contributed by atoms with Crippen LogP contribution in [0.1, 0.15) is 21.9 Å². The second kappa shape index (κ2) is 9.32. The molecule has 0 N–H and O–H groups in total. The Hall–Kier alpha value is -3.52. The van der Waals surface area contributed by atoms with Crippen LogP contribution in [0, 0.1) is 0 Å². The Kier molecular flexibility index (Phi) is 6.58. The molecule has 0 atom stereocenters. The third kappa shape index (κ3) is 5.09. The van der Waals surface area contributed by atoms with Crippen molar-refractivity contribution in [3.8, 4) is 5.75 Å². The van der Waals surface area contributed by atoms with Crippen LogP contribution in [-0.4, -0.2) is 28.6 Å². The highest BCUT2D eigenvalue weighted by Crippen LogP contribution is 2.26. The predicted octanol–water partition coefficient (Wildman–Crippen LogP) is 4.08. The standard InChI is InChI=1S/C22H21NO6S/c1-27-19-10-8-18(9-11-19)23(16-20-12-13-21(29-20)22(24)28-2)30(25,26)15-14-17-6-4-3-5-7-17/h3-15H,16H2,1-2H3. The number of anilines is 1. The van der Waals surface area contributed by atoms with E-state index in [1.165, 1.54) is 30.7 Å². The molecule has 1 aromatic heterocycles. The molecule has 30 heavy (non-hydrogen) atoms. The minimum absolute atomic E-state index is 0.000550. The van der Waals surface area contributed by atoms with Crippen molar-refractivity contribution in [2.75, 3.05) is 18.5 Å². The lowest BCUT2D eigenvalue weighted by atomic mass is 10.2. The van der Waals surface area contributed by atoms with Crippen LogP contribution in [0.5, 0.6) is 5.75 Å². The van der Waals surface area contributed by atoms with E-state index in [-0.39, 0.29) is 12.3 Å². The highest BCUT2D eigenvalue weighted by atomic mass is 32.2. The largest absolute Gasteiger partial charge is 0.497 e. The van der Waals surface area contributed by atoms with Crippen molar-refractivity contribution in [3.63, 3.8) is 0 Å². The number of methoxy groups -OCH3 is 2. The molecule has 0 radical (unpaired) electrons. The summed E-state index contributed by atoms with van der Waals surface area (Å²) in [6, 6.07) is 18.7. The zero-order chi connectivity index (χ0) is 21.6. The lowest BCUT2D eigenvalue weighted by molar-refractivity contribution is 0.0563. The van der Waals surface area contributed by atoms with Gasteiger partial charge in [-0.2, -0.15) is 0 Å². The zero-order valence-electron chi connectivity index (χ0n) is 16.5. The van der Waals surface area contributed by atoms with Gasteiger partial charge < -0.3 is 13.9 Å². The molecule has 0 aliphatic carbocycles. The minimum atomic E-state index is -3.87. The maximum atomic E-state index is 13.1. The van der Waals surface area contributed by atoms with Gasteiger partial charge in [0.15, 0.2) is 0 Å². The number of esters is 1. The van der Waals surface area contributed by atoms with E-state index >= 15 is 0 Å². The van der Waals surface area contributed by atoms with Crippen LogP contribution in [0.25, 0.3) is 6.08 Å². The fourth-order valence-corrected chi connectivity index (χ4v) is 3.89. The van der Waals surface area contributed by atoms with Crippen molar-refractivity contribution in [2.45, 2.75) is 6.54 Å². The van der Waals surface area contributed by atoms with E-state index in [1.54, 1.807) is 42.5 Å². The molecule has 0 bridgehead atoms. The Morgan fingerprint density at radius 2 is 1.70 bits per heavy atom. The number of furan rings is 1. The molecule has 1 heterocycles. The van der Waals surface area contributed by atoms with Gasteiger partial charge in [0.05, 0.1) is 31.9 Å². The summed E-state index contributed by atoms with van der Waals surface area (Å²) in [6.45, 7) is -0.106. The van der Waals surface area contributed by atoms with E-state index < -0.39 is 16.0 Å². The first-order chi connectivity index (χ1) is 14.4. The van der Waals surface area contributed by atoms with Crippen LogP contribution >= 0.6 is 0 Å². The van der Waals surface area contributed by atoms with Crippen molar-refractivity contribution in [1.29, 1.82) is 0 Å². The quantitative estimate of drug-likeness (QED) is 0.504. The van der Waals surface area contributed by atoms with Crippen molar-refractivity contribution in [1.82, 2.24) is 0 Å². The summed E-state index contributed by atoms with van der Waals surface area (Å²) in [6.07, 6.45) is 1.52. The number of hydrogen-bond donors (Lipinski definition) is 0. The van der Waals surface area contributed by atoms with Crippen LogP contribution in [0.15, 0.2) is 76.6 Å². The topological polar surface area (TPSA) is 86.0 Å². The molecule has 0 unspecified atom stereocenters. The second-order valence-electron chi connectivity index (χ2n) is 6.22. The predicted molar refractivity (Wildman–Crippen MR) is 114 cm³/mol. The Morgan fingerprint density at radius 1 is 1.00 bits per heavy atom. The first-order valence-corrected chi connectivity index (χ1v) is 10.5. The summed E-state index contributed by atoms with van der Waals surface area (Å²) in [5, 5.41) is 1.14. The van der Waals surface area contributed by atoms with Gasteiger partial charge in [-0.05, 0) is 48.0 Å². The highest BCUT2D eigenvalue weighted by molar-refractivity contribution is 7.95. The van der Waals surface area contributed by atoms with Crippen LogP contribution in [0.4, 0.5) is 5.69 Å². The lowest BCUT2D eigenvalue weighted by Gasteiger charge is -2.22. The van der Waals surface area contributed by atoms with E-state index in [0.29, 0.717) is 17.2 Å². The SMILES string of the molecule is COC(=O)c1ccc(CN(c2ccc(OC)cc2)S(=O)(=O)C=Cc2ccccc2)o1. The van der Waals surface area contributed by atoms with Gasteiger partial charge in [-0.25, -0.2) is 13.2 Å². The maximum absolute atomic E-state index is 13.1. The molecule has 3 rings (SSSR count). The number of carbonyl (C=O) groups is 1. The molecule has 156 valence electrons. The van der Waals surface area contributed by atoms with Crippen molar-refractivity contribution >= 4 is 27.8 Å². The molecule has 2 aromatic carbocycles. The van der Waals surface area contributed by atoms with Gasteiger partial charge in [0.2, 0.25) is 5.76 Å². The minimum Gasteiger partial charge on any atom is -0.497 e. The Labute approximate surface area is 175 Å².